The average Bonchev–Trinajstić information content (AvgIpc) is 3.29. The number of ketones is 3. The van der Waals surface area contributed by atoms with E-state index in [0.29, 0.717) is 11.1 Å². The third kappa shape index (κ3) is 3.34. The Hall–Kier alpha value is -2.83. The number of halogens is 2. The lowest BCUT2D eigenvalue weighted by molar-refractivity contribution is -0.127. The molecule has 1 spiro atoms. The molecule has 37 heavy (non-hydrogen) atoms. The molecular formula is C31H25Br2NO3. The van der Waals surface area contributed by atoms with Gasteiger partial charge in [0.1, 0.15) is 5.41 Å². The van der Waals surface area contributed by atoms with Gasteiger partial charge >= 0.3 is 0 Å². The van der Waals surface area contributed by atoms with Crippen LogP contribution in [0.1, 0.15) is 58.5 Å². The summed E-state index contributed by atoms with van der Waals surface area (Å²) in [6.07, 6.45) is 3.94. The van der Waals surface area contributed by atoms with Crippen LogP contribution in [-0.2, 0) is 4.79 Å². The fourth-order valence-electron chi connectivity index (χ4n) is 6.43. The normalized spacial score (nSPS) is 23.3. The van der Waals surface area contributed by atoms with Crippen LogP contribution in [0.15, 0.2) is 81.8 Å². The third-order valence-corrected chi connectivity index (χ3v) is 9.02. The van der Waals surface area contributed by atoms with Gasteiger partial charge in [0.25, 0.3) is 0 Å². The minimum Gasteiger partial charge on any atom is -0.352 e. The summed E-state index contributed by atoms with van der Waals surface area (Å²) in [5.41, 5.74) is 1.34. The number of rotatable bonds is 2. The van der Waals surface area contributed by atoms with Gasteiger partial charge in [-0.15, -0.1) is 0 Å². The highest BCUT2D eigenvalue weighted by atomic mass is 79.9. The van der Waals surface area contributed by atoms with Crippen molar-refractivity contribution in [3.63, 3.8) is 0 Å². The Balaban J connectivity index is 1.70. The predicted octanol–water partition coefficient (Wildman–Crippen LogP) is 7.26. The minimum absolute atomic E-state index is 0.00280. The summed E-state index contributed by atoms with van der Waals surface area (Å²) in [4.78, 5) is 45.5. The second-order valence-corrected chi connectivity index (χ2v) is 12.9. The Morgan fingerprint density at radius 3 is 2.05 bits per heavy atom. The molecule has 0 amide bonds. The molecule has 6 rings (SSSR count). The Bertz CT molecular complexity index is 1480. The SMILES string of the molecule is CC(C)(C)C(=O)[C@H]1[C@H](c2ccc(Br)cc2)C2(C(=O)c3ccccc3C2=O)[C@H]2C=Cc3cc(Br)ccc3N12. The van der Waals surface area contributed by atoms with E-state index in [9.17, 15) is 14.4 Å². The van der Waals surface area contributed by atoms with Gasteiger partial charge in [0.15, 0.2) is 17.3 Å². The van der Waals surface area contributed by atoms with E-state index < -0.39 is 28.8 Å². The lowest BCUT2D eigenvalue weighted by Crippen LogP contribution is -2.49. The first-order valence-electron chi connectivity index (χ1n) is 12.3. The first-order valence-corrected chi connectivity index (χ1v) is 13.9. The number of benzene rings is 3. The van der Waals surface area contributed by atoms with E-state index in [1.165, 1.54) is 0 Å². The fraction of sp³-hybridized carbons (Fsp3) is 0.258. The van der Waals surface area contributed by atoms with Crippen LogP contribution in [0.4, 0.5) is 5.69 Å². The lowest BCUT2D eigenvalue weighted by atomic mass is 9.63. The van der Waals surface area contributed by atoms with Gasteiger partial charge in [-0.2, -0.15) is 0 Å². The molecule has 6 heteroatoms. The summed E-state index contributed by atoms with van der Waals surface area (Å²) in [6, 6.07) is 19.4. The van der Waals surface area contributed by atoms with Crippen molar-refractivity contribution < 1.29 is 14.4 Å². The second-order valence-electron chi connectivity index (χ2n) is 11.1. The number of hydrogen-bond acceptors (Lipinski definition) is 4. The smallest absolute Gasteiger partial charge is 0.180 e. The fourth-order valence-corrected chi connectivity index (χ4v) is 7.08. The third-order valence-electron chi connectivity index (χ3n) is 8.00. The first kappa shape index (κ1) is 24.5. The maximum atomic E-state index is 14.5. The van der Waals surface area contributed by atoms with E-state index in [1.54, 1.807) is 24.3 Å². The molecule has 4 nitrogen and oxygen atoms in total. The van der Waals surface area contributed by atoms with Crippen LogP contribution in [0.25, 0.3) is 6.08 Å². The predicted molar refractivity (Wildman–Crippen MR) is 152 cm³/mol. The van der Waals surface area contributed by atoms with Crippen molar-refractivity contribution in [3.8, 4) is 0 Å². The van der Waals surface area contributed by atoms with Crippen LogP contribution < -0.4 is 4.90 Å². The zero-order valence-corrected chi connectivity index (χ0v) is 23.8. The van der Waals surface area contributed by atoms with Crippen LogP contribution in [0, 0.1) is 10.8 Å². The number of fused-ring (bicyclic) bond motifs is 5. The van der Waals surface area contributed by atoms with Crippen LogP contribution in [0.5, 0.6) is 0 Å². The van der Waals surface area contributed by atoms with Gasteiger partial charge < -0.3 is 4.90 Å². The number of carbonyl (C=O) groups is 3. The summed E-state index contributed by atoms with van der Waals surface area (Å²) >= 11 is 7.07. The molecule has 1 saturated heterocycles. The molecule has 0 aromatic heterocycles. The highest BCUT2D eigenvalue weighted by Crippen LogP contribution is 2.61. The molecular weight excluding hydrogens is 594 g/mol. The largest absolute Gasteiger partial charge is 0.352 e. The summed E-state index contributed by atoms with van der Waals surface area (Å²) in [6.45, 7) is 5.72. The Labute approximate surface area is 233 Å². The highest BCUT2D eigenvalue weighted by molar-refractivity contribution is 9.10. The zero-order chi connectivity index (χ0) is 26.3. The van der Waals surface area contributed by atoms with Crippen molar-refractivity contribution in [1.29, 1.82) is 0 Å². The van der Waals surface area contributed by atoms with E-state index in [4.69, 9.17) is 0 Å². The maximum Gasteiger partial charge on any atom is 0.180 e. The van der Waals surface area contributed by atoms with Crippen molar-refractivity contribution in [1.82, 2.24) is 0 Å². The van der Waals surface area contributed by atoms with Gasteiger partial charge in [-0.25, -0.2) is 0 Å². The van der Waals surface area contributed by atoms with Crippen molar-refractivity contribution in [2.75, 3.05) is 4.90 Å². The molecule has 3 atom stereocenters. The highest BCUT2D eigenvalue weighted by Gasteiger charge is 2.71. The molecule has 0 unspecified atom stereocenters. The first-order chi connectivity index (χ1) is 17.6. The molecule has 2 heterocycles. The topological polar surface area (TPSA) is 54.5 Å². The molecule has 2 aliphatic heterocycles. The molecule has 0 radical (unpaired) electrons. The molecule has 0 N–H and O–H groups in total. The van der Waals surface area contributed by atoms with Gasteiger partial charge in [-0.1, -0.05) is 101 Å². The summed E-state index contributed by atoms with van der Waals surface area (Å²) < 4.78 is 1.81. The van der Waals surface area contributed by atoms with Gasteiger partial charge in [-0.05, 0) is 41.5 Å². The van der Waals surface area contributed by atoms with E-state index in [0.717, 1.165) is 25.8 Å². The van der Waals surface area contributed by atoms with Crippen molar-refractivity contribution >= 4 is 61.0 Å². The Morgan fingerprint density at radius 1 is 0.865 bits per heavy atom. The number of hydrogen-bond donors (Lipinski definition) is 0. The minimum atomic E-state index is -1.45. The van der Waals surface area contributed by atoms with Gasteiger partial charge in [-0.3, -0.25) is 14.4 Å². The zero-order valence-electron chi connectivity index (χ0n) is 20.7. The molecule has 3 aromatic rings. The van der Waals surface area contributed by atoms with Gasteiger partial charge in [0.2, 0.25) is 0 Å². The van der Waals surface area contributed by atoms with Gasteiger partial charge in [0.05, 0.1) is 12.1 Å². The number of anilines is 1. The van der Waals surface area contributed by atoms with Crippen LogP contribution >= 0.6 is 31.9 Å². The number of nitrogens with zero attached hydrogens (tertiary/aromatic N) is 1. The van der Waals surface area contributed by atoms with Crippen LogP contribution in [0.3, 0.4) is 0 Å². The molecule has 1 aliphatic carbocycles. The quantitative estimate of drug-likeness (QED) is 0.284. The van der Waals surface area contributed by atoms with E-state index in [2.05, 4.69) is 36.8 Å². The standard InChI is InChI=1S/C31H25Br2NO3/c1-30(2,3)29(37)26-25(17-8-11-19(32)12-9-17)31(27(35)21-6-4-5-7-22(21)28(31)36)24-15-10-18-16-20(33)13-14-23(18)34(24)26/h4-16,24-26H,1-3H3/t24-,25+,26-/m1/s1. The molecule has 0 bridgehead atoms. The summed E-state index contributed by atoms with van der Waals surface area (Å²) in [5.74, 6) is -1.07. The molecule has 1 fully saturated rings. The Morgan fingerprint density at radius 2 is 1.46 bits per heavy atom. The monoisotopic (exact) mass is 617 g/mol. The second kappa shape index (κ2) is 8.34. The van der Waals surface area contributed by atoms with Crippen LogP contribution in [-0.4, -0.2) is 29.4 Å². The summed E-state index contributed by atoms with van der Waals surface area (Å²) in [5, 5.41) is 0. The van der Waals surface area contributed by atoms with Crippen LogP contribution in [0.2, 0.25) is 0 Å². The van der Waals surface area contributed by atoms with E-state index in [-0.39, 0.29) is 17.3 Å². The van der Waals surface area contributed by atoms with Crippen molar-refractivity contribution in [3.05, 3.63) is 104 Å². The lowest BCUT2D eigenvalue weighted by Gasteiger charge is -2.38. The Kier molecular flexibility index (Phi) is 5.52. The molecule has 3 aromatic carbocycles. The summed E-state index contributed by atoms with van der Waals surface area (Å²) in [7, 11) is 0. The average molecular weight is 619 g/mol. The molecule has 3 aliphatic rings. The van der Waals surface area contributed by atoms with Crippen molar-refractivity contribution in [2.45, 2.75) is 38.8 Å². The number of Topliss-reactive ketones (excluding diaryl/α,β-unsaturated/α-hetero) is 3. The van der Waals surface area contributed by atoms with E-state index in [1.807, 2.05) is 75.4 Å². The number of carbonyl (C=O) groups excluding carboxylic acids is 3. The van der Waals surface area contributed by atoms with E-state index >= 15 is 0 Å². The maximum absolute atomic E-state index is 14.5. The van der Waals surface area contributed by atoms with Crippen molar-refractivity contribution in [2.24, 2.45) is 10.8 Å². The molecule has 186 valence electrons. The van der Waals surface area contributed by atoms with Gasteiger partial charge in [0, 0.05) is 37.1 Å². The molecule has 0 saturated carbocycles.